The fourth-order valence-electron chi connectivity index (χ4n) is 3.42. The van der Waals surface area contributed by atoms with Crippen molar-refractivity contribution in [2.45, 2.75) is 52.0 Å². The quantitative estimate of drug-likeness (QED) is 0.848. The molecule has 0 spiro atoms. The molecule has 0 radical (unpaired) electrons. The number of rotatable bonds is 5. The molecule has 1 aliphatic rings. The number of benzene rings is 1. The van der Waals surface area contributed by atoms with E-state index >= 15 is 0 Å². The van der Waals surface area contributed by atoms with Crippen molar-refractivity contribution in [2.24, 2.45) is 0 Å². The summed E-state index contributed by atoms with van der Waals surface area (Å²) in [4.78, 5) is 23.8. The van der Waals surface area contributed by atoms with E-state index in [2.05, 4.69) is 23.5 Å². The second-order valence-corrected chi connectivity index (χ2v) is 6.45. The second kappa shape index (κ2) is 7.04. The number of fused-ring (bicyclic) bond motifs is 1. The van der Waals surface area contributed by atoms with Crippen LogP contribution in [0.4, 0.5) is 0 Å². The van der Waals surface area contributed by atoms with Gasteiger partial charge in [-0.3, -0.25) is 9.59 Å². The third-order valence-corrected chi connectivity index (χ3v) is 4.65. The van der Waals surface area contributed by atoms with Gasteiger partial charge in [0.2, 0.25) is 5.91 Å². The lowest BCUT2D eigenvalue weighted by molar-refractivity contribution is -0.122. The summed E-state index contributed by atoms with van der Waals surface area (Å²) in [7, 11) is 0. The van der Waals surface area contributed by atoms with Crippen molar-refractivity contribution >= 4 is 11.7 Å². The fraction of sp³-hybridized carbons (Fsp3) is 0.400. The van der Waals surface area contributed by atoms with Crippen molar-refractivity contribution in [1.82, 2.24) is 5.32 Å². The van der Waals surface area contributed by atoms with Gasteiger partial charge in [-0.25, -0.2) is 0 Å². The Balaban J connectivity index is 1.59. The van der Waals surface area contributed by atoms with E-state index in [1.165, 1.54) is 18.1 Å². The molecule has 4 heteroatoms. The first kappa shape index (κ1) is 16.5. The van der Waals surface area contributed by atoms with Crippen molar-refractivity contribution in [3.8, 4) is 0 Å². The van der Waals surface area contributed by atoms with Gasteiger partial charge >= 0.3 is 0 Å². The molecular weight excluding hydrogens is 302 g/mol. The van der Waals surface area contributed by atoms with E-state index < -0.39 is 0 Å². The number of hydrogen-bond donors (Lipinski definition) is 1. The maximum absolute atomic E-state index is 12.3. The molecule has 3 rings (SSSR count). The van der Waals surface area contributed by atoms with Crippen LogP contribution in [-0.4, -0.2) is 11.7 Å². The largest absolute Gasteiger partial charge is 0.466 e. The molecule has 0 fully saturated rings. The molecule has 1 N–H and O–H groups in total. The van der Waals surface area contributed by atoms with Crippen molar-refractivity contribution in [3.63, 3.8) is 0 Å². The molecule has 4 nitrogen and oxygen atoms in total. The van der Waals surface area contributed by atoms with Crippen molar-refractivity contribution in [3.05, 3.63) is 58.5 Å². The first-order chi connectivity index (χ1) is 11.5. The number of hydrogen-bond acceptors (Lipinski definition) is 3. The van der Waals surface area contributed by atoms with Crippen LogP contribution in [0.1, 0.15) is 65.2 Å². The number of furan rings is 1. The van der Waals surface area contributed by atoms with Gasteiger partial charge in [0.1, 0.15) is 11.5 Å². The Kier molecular flexibility index (Phi) is 4.84. The van der Waals surface area contributed by atoms with Gasteiger partial charge in [-0.2, -0.15) is 0 Å². The maximum Gasteiger partial charge on any atom is 0.220 e. The highest BCUT2D eigenvalue weighted by Gasteiger charge is 2.21. The molecule has 1 aromatic carbocycles. The molecule has 1 aromatic heterocycles. The molecule has 1 aliphatic carbocycles. The van der Waals surface area contributed by atoms with Crippen LogP contribution in [0.25, 0.3) is 0 Å². The molecule has 0 aliphatic heterocycles. The lowest BCUT2D eigenvalue weighted by Crippen LogP contribution is -2.31. The number of nitrogens with one attached hydrogen (secondary N) is 1. The summed E-state index contributed by atoms with van der Waals surface area (Å²) in [5.41, 5.74) is 3.18. The van der Waals surface area contributed by atoms with Crippen LogP contribution in [-0.2, 0) is 17.6 Å². The third kappa shape index (κ3) is 3.58. The predicted octanol–water partition coefficient (Wildman–Crippen LogP) is 3.92. The summed E-state index contributed by atoms with van der Waals surface area (Å²) in [5, 5.41) is 3.14. The minimum atomic E-state index is -0.00855. The highest BCUT2D eigenvalue weighted by Crippen LogP contribution is 2.29. The Bertz CT molecular complexity index is 760. The zero-order chi connectivity index (χ0) is 17.1. The van der Waals surface area contributed by atoms with E-state index in [1.807, 2.05) is 6.07 Å². The number of amides is 1. The zero-order valence-electron chi connectivity index (χ0n) is 14.2. The molecular formula is C20H23NO3. The molecule has 0 bridgehead atoms. The summed E-state index contributed by atoms with van der Waals surface area (Å²) >= 11 is 0. The Morgan fingerprint density at radius 3 is 2.83 bits per heavy atom. The van der Waals surface area contributed by atoms with Crippen LogP contribution in [0.3, 0.4) is 0 Å². The van der Waals surface area contributed by atoms with Crippen LogP contribution in [0, 0.1) is 6.92 Å². The lowest BCUT2D eigenvalue weighted by atomic mass is 9.87. The van der Waals surface area contributed by atoms with Crippen LogP contribution in [0.5, 0.6) is 0 Å². The van der Waals surface area contributed by atoms with E-state index in [1.54, 1.807) is 13.0 Å². The number of carbonyl (C=O) groups is 2. The average Bonchev–Trinajstić information content (AvgIpc) is 2.94. The standard InChI is InChI=1S/C20H23NO3/c1-13(22)18-12-16(24-14(18)2)10-11-20(23)21-19-9-5-7-15-6-3-4-8-17(15)19/h3-4,6,8,12,19H,5,7,9-11H2,1-2H3,(H,21,23)/t19-/m0/s1. The van der Waals surface area contributed by atoms with Gasteiger partial charge in [-0.1, -0.05) is 24.3 Å². The van der Waals surface area contributed by atoms with Gasteiger partial charge in [0.15, 0.2) is 5.78 Å². The Morgan fingerprint density at radius 1 is 1.29 bits per heavy atom. The molecule has 0 unspecified atom stereocenters. The van der Waals surface area contributed by atoms with Crippen molar-refractivity contribution in [2.75, 3.05) is 0 Å². The van der Waals surface area contributed by atoms with Gasteiger partial charge in [0.05, 0.1) is 11.6 Å². The van der Waals surface area contributed by atoms with Crippen LogP contribution in [0.15, 0.2) is 34.7 Å². The second-order valence-electron chi connectivity index (χ2n) is 6.45. The Labute approximate surface area is 142 Å². The molecule has 0 saturated heterocycles. The smallest absolute Gasteiger partial charge is 0.220 e. The Hall–Kier alpha value is -2.36. The number of carbonyl (C=O) groups excluding carboxylic acids is 2. The summed E-state index contributed by atoms with van der Waals surface area (Å²) < 4.78 is 5.57. The third-order valence-electron chi connectivity index (χ3n) is 4.65. The van der Waals surface area contributed by atoms with E-state index in [4.69, 9.17) is 4.42 Å². The number of ketones is 1. The predicted molar refractivity (Wildman–Crippen MR) is 92.0 cm³/mol. The van der Waals surface area contributed by atoms with Gasteiger partial charge in [0, 0.05) is 12.8 Å². The molecule has 1 amide bonds. The van der Waals surface area contributed by atoms with Gasteiger partial charge < -0.3 is 9.73 Å². The summed E-state index contributed by atoms with van der Waals surface area (Å²) in [6.45, 7) is 3.30. The van der Waals surface area contributed by atoms with Gasteiger partial charge in [-0.05, 0) is 50.3 Å². The van der Waals surface area contributed by atoms with Crippen molar-refractivity contribution in [1.29, 1.82) is 0 Å². The lowest BCUT2D eigenvalue weighted by Gasteiger charge is -2.26. The fourth-order valence-corrected chi connectivity index (χ4v) is 3.42. The van der Waals surface area contributed by atoms with Crippen LogP contribution in [0.2, 0.25) is 0 Å². The topological polar surface area (TPSA) is 59.3 Å². The zero-order valence-corrected chi connectivity index (χ0v) is 14.2. The van der Waals surface area contributed by atoms with Crippen LogP contribution >= 0.6 is 0 Å². The Morgan fingerprint density at radius 2 is 2.08 bits per heavy atom. The normalized spacial score (nSPS) is 16.5. The maximum atomic E-state index is 12.3. The van der Waals surface area contributed by atoms with Crippen LogP contribution < -0.4 is 5.32 Å². The molecule has 24 heavy (non-hydrogen) atoms. The summed E-state index contributed by atoms with van der Waals surface area (Å²) in [5.74, 6) is 1.33. The number of Topliss-reactive ketones (excluding diaryl/α,β-unsaturated/α-hetero) is 1. The van der Waals surface area contributed by atoms with E-state index in [-0.39, 0.29) is 17.7 Å². The molecule has 1 atom stereocenters. The van der Waals surface area contributed by atoms with E-state index in [0.717, 1.165) is 19.3 Å². The highest BCUT2D eigenvalue weighted by molar-refractivity contribution is 5.95. The van der Waals surface area contributed by atoms with E-state index in [9.17, 15) is 9.59 Å². The molecule has 126 valence electrons. The van der Waals surface area contributed by atoms with Gasteiger partial charge in [0.25, 0.3) is 0 Å². The van der Waals surface area contributed by atoms with Crippen molar-refractivity contribution < 1.29 is 14.0 Å². The molecule has 0 saturated carbocycles. The highest BCUT2D eigenvalue weighted by atomic mass is 16.3. The SMILES string of the molecule is CC(=O)c1cc(CCC(=O)N[C@H]2CCCc3ccccc32)oc1C. The summed E-state index contributed by atoms with van der Waals surface area (Å²) in [6.07, 6.45) is 4.04. The average molecular weight is 325 g/mol. The monoisotopic (exact) mass is 325 g/mol. The van der Waals surface area contributed by atoms with Gasteiger partial charge in [-0.15, -0.1) is 0 Å². The molecule has 2 aromatic rings. The van der Waals surface area contributed by atoms with E-state index in [0.29, 0.717) is 29.9 Å². The minimum absolute atomic E-state index is 0.00855. The summed E-state index contributed by atoms with van der Waals surface area (Å²) in [6, 6.07) is 10.2. The first-order valence-corrected chi connectivity index (χ1v) is 8.52. The number of aryl methyl sites for hydroxylation is 3. The molecule has 1 heterocycles. The minimum Gasteiger partial charge on any atom is -0.466 e. The first-order valence-electron chi connectivity index (χ1n) is 8.52.